The molecule has 9 atom stereocenters. The summed E-state index contributed by atoms with van der Waals surface area (Å²) in [6.45, 7) is 11.3. The Morgan fingerprint density at radius 1 is 0.449 bits per heavy atom. The molecule has 0 radical (unpaired) electrons. The standard InChI is InChI=1S/C60H103NO17/c1-10-12-14-16-18-20-22-24-25-26-27-28-29-31-33-35-37-39-41-53(73-46(5)64)59(69)61-51(55(74-47(6)65)52(72-45(4)63)40-38-36-34-32-30-23-21-19-17-15-13-11-2)42-71-60-58(77-50(9)68)57(76-49(8)67)56(75-48(7)66)54(78-60)43-70-44(3)62/h32,34,51-58,60H,10-31,33,35-43H2,1-9H3,(H,61,69)/b34-32-/t51-,52+,53?,54+,55-,56+,57-,58+,60+/m0/s1. The van der Waals surface area contributed by atoms with Crippen molar-refractivity contribution in [1.29, 1.82) is 0 Å². The number of carbonyl (C=O) groups is 8. The monoisotopic (exact) mass is 1110 g/mol. The van der Waals surface area contributed by atoms with E-state index in [1.165, 1.54) is 129 Å². The number of hydrogen-bond acceptors (Lipinski definition) is 17. The number of esters is 7. The molecule has 0 aromatic carbocycles. The van der Waals surface area contributed by atoms with Gasteiger partial charge < -0.3 is 47.9 Å². The first-order valence-corrected chi connectivity index (χ1v) is 29.8. The van der Waals surface area contributed by atoms with Gasteiger partial charge >= 0.3 is 41.8 Å². The van der Waals surface area contributed by atoms with Crippen LogP contribution in [0.3, 0.4) is 0 Å². The fourth-order valence-corrected chi connectivity index (χ4v) is 9.70. The van der Waals surface area contributed by atoms with Gasteiger partial charge in [0, 0.05) is 48.5 Å². The van der Waals surface area contributed by atoms with Crippen LogP contribution in [-0.4, -0.2) is 116 Å². The highest BCUT2D eigenvalue weighted by atomic mass is 16.7. The molecule has 1 rings (SSSR count). The van der Waals surface area contributed by atoms with Crippen LogP contribution in [0.15, 0.2) is 12.2 Å². The summed E-state index contributed by atoms with van der Waals surface area (Å²) in [5.74, 6) is -6.19. The van der Waals surface area contributed by atoms with Crippen LogP contribution < -0.4 is 5.32 Å². The van der Waals surface area contributed by atoms with Crippen molar-refractivity contribution < 1.29 is 81.0 Å². The van der Waals surface area contributed by atoms with E-state index in [1.807, 2.05) is 0 Å². The summed E-state index contributed by atoms with van der Waals surface area (Å²) in [5.41, 5.74) is 0. The summed E-state index contributed by atoms with van der Waals surface area (Å²) in [6, 6.07) is -1.37. The minimum Gasteiger partial charge on any atom is -0.463 e. The van der Waals surface area contributed by atoms with Crippen LogP contribution in [-0.2, 0) is 81.0 Å². The maximum absolute atomic E-state index is 14.4. The second-order valence-electron chi connectivity index (χ2n) is 20.9. The number of allylic oxidation sites excluding steroid dienone is 2. The zero-order valence-electron chi connectivity index (χ0n) is 49.4. The zero-order chi connectivity index (χ0) is 57.9. The lowest BCUT2D eigenvalue weighted by molar-refractivity contribution is -0.310. The van der Waals surface area contributed by atoms with Crippen LogP contribution in [0.1, 0.15) is 255 Å². The predicted octanol–water partition coefficient (Wildman–Crippen LogP) is 11.7. The quantitative estimate of drug-likeness (QED) is 0.0258. The van der Waals surface area contributed by atoms with Crippen molar-refractivity contribution in [3.63, 3.8) is 0 Å². The van der Waals surface area contributed by atoms with E-state index in [-0.39, 0.29) is 12.8 Å². The number of unbranched alkanes of at least 4 members (excludes halogenated alkanes) is 25. The predicted molar refractivity (Wildman–Crippen MR) is 295 cm³/mol. The number of rotatable bonds is 46. The highest BCUT2D eigenvalue weighted by Gasteiger charge is 2.53. The Morgan fingerprint density at radius 2 is 0.872 bits per heavy atom. The van der Waals surface area contributed by atoms with Crippen LogP contribution in [0.2, 0.25) is 0 Å². The van der Waals surface area contributed by atoms with Gasteiger partial charge in [-0.05, 0) is 44.9 Å². The molecule has 1 unspecified atom stereocenters. The molecule has 0 aromatic heterocycles. The summed E-state index contributed by atoms with van der Waals surface area (Å²) in [4.78, 5) is 102. The molecule has 1 amide bonds. The van der Waals surface area contributed by atoms with Crippen molar-refractivity contribution in [2.45, 2.75) is 310 Å². The molecule has 1 aliphatic rings. The lowest BCUT2D eigenvalue weighted by Crippen LogP contribution is -2.63. The van der Waals surface area contributed by atoms with Gasteiger partial charge in [0.05, 0.1) is 12.6 Å². The van der Waals surface area contributed by atoms with Crippen LogP contribution in [0.5, 0.6) is 0 Å². The second kappa shape index (κ2) is 45.2. The maximum Gasteiger partial charge on any atom is 0.303 e. The summed E-state index contributed by atoms with van der Waals surface area (Å²) in [5, 5.41) is 2.85. The van der Waals surface area contributed by atoms with Crippen molar-refractivity contribution in [2.24, 2.45) is 0 Å². The molecule has 450 valence electrons. The van der Waals surface area contributed by atoms with Gasteiger partial charge in [-0.3, -0.25) is 38.4 Å². The van der Waals surface area contributed by atoms with E-state index < -0.39 is 116 Å². The molecule has 1 saturated heterocycles. The molecule has 0 bridgehead atoms. The summed E-state index contributed by atoms with van der Waals surface area (Å²) < 4.78 is 51.7. The zero-order valence-corrected chi connectivity index (χ0v) is 49.4. The number of amides is 1. The van der Waals surface area contributed by atoms with E-state index in [0.717, 1.165) is 79.6 Å². The summed E-state index contributed by atoms with van der Waals surface area (Å²) in [6.07, 6.45) is 24.8. The van der Waals surface area contributed by atoms with E-state index >= 15 is 0 Å². The molecular formula is C60H103NO17. The molecule has 18 nitrogen and oxygen atoms in total. The van der Waals surface area contributed by atoms with E-state index in [4.69, 9.17) is 42.6 Å². The molecule has 78 heavy (non-hydrogen) atoms. The Bertz CT molecular complexity index is 1720. The molecule has 0 aromatic rings. The maximum atomic E-state index is 14.4. The fraction of sp³-hybridized carbons (Fsp3) is 0.833. The Labute approximate surface area is 467 Å². The van der Waals surface area contributed by atoms with Crippen LogP contribution in [0, 0.1) is 0 Å². The fourth-order valence-electron chi connectivity index (χ4n) is 9.70. The highest BCUT2D eigenvalue weighted by Crippen LogP contribution is 2.31. The smallest absolute Gasteiger partial charge is 0.303 e. The normalized spacial score (nSPS) is 18.7. The number of hydrogen-bond donors (Lipinski definition) is 1. The van der Waals surface area contributed by atoms with Crippen LogP contribution in [0.4, 0.5) is 0 Å². The van der Waals surface area contributed by atoms with Crippen molar-refractivity contribution in [3.8, 4) is 0 Å². The van der Waals surface area contributed by atoms with E-state index in [2.05, 4.69) is 31.3 Å². The van der Waals surface area contributed by atoms with Crippen molar-refractivity contribution in [3.05, 3.63) is 12.2 Å². The molecule has 18 heteroatoms. The van der Waals surface area contributed by atoms with Gasteiger partial charge in [0.2, 0.25) is 0 Å². The van der Waals surface area contributed by atoms with Gasteiger partial charge in [-0.1, -0.05) is 174 Å². The van der Waals surface area contributed by atoms with Gasteiger partial charge in [0.15, 0.2) is 36.8 Å². The molecule has 0 aliphatic carbocycles. The topological polar surface area (TPSA) is 232 Å². The molecule has 1 fully saturated rings. The van der Waals surface area contributed by atoms with E-state index in [0.29, 0.717) is 19.3 Å². The second-order valence-corrected chi connectivity index (χ2v) is 20.9. The van der Waals surface area contributed by atoms with Gasteiger partial charge in [0.1, 0.15) is 18.8 Å². The number of nitrogens with one attached hydrogen (secondary N) is 1. The first-order chi connectivity index (χ1) is 37.4. The number of carbonyl (C=O) groups excluding carboxylic acids is 8. The average molecular weight is 1110 g/mol. The van der Waals surface area contributed by atoms with E-state index in [9.17, 15) is 38.4 Å². The van der Waals surface area contributed by atoms with Crippen LogP contribution >= 0.6 is 0 Å². The highest BCUT2D eigenvalue weighted by molar-refractivity contribution is 5.83. The summed E-state index contributed by atoms with van der Waals surface area (Å²) >= 11 is 0. The van der Waals surface area contributed by atoms with Gasteiger partial charge in [-0.15, -0.1) is 0 Å². The lowest BCUT2D eigenvalue weighted by Gasteiger charge is -2.44. The largest absolute Gasteiger partial charge is 0.463 e. The molecular weight excluding hydrogens is 1010 g/mol. The minimum absolute atomic E-state index is 0.175. The Balaban J connectivity index is 3.40. The lowest BCUT2D eigenvalue weighted by atomic mass is 9.97. The van der Waals surface area contributed by atoms with Crippen molar-refractivity contribution >= 4 is 47.7 Å². The molecule has 0 spiro atoms. The Kier molecular flexibility index (Phi) is 41.4. The van der Waals surface area contributed by atoms with Crippen LogP contribution in [0.25, 0.3) is 0 Å². The minimum atomic E-state index is -1.68. The molecule has 1 N–H and O–H groups in total. The first-order valence-electron chi connectivity index (χ1n) is 29.8. The number of ether oxygens (including phenoxy) is 9. The van der Waals surface area contributed by atoms with Gasteiger partial charge in [-0.25, -0.2) is 0 Å². The first kappa shape index (κ1) is 71.4. The summed E-state index contributed by atoms with van der Waals surface area (Å²) in [7, 11) is 0. The van der Waals surface area contributed by atoms with Gasteiger partial charge in [-0.2, -0.15) is 0 Å². The van der Waals surface area contributed by atoms with Crippen molar-refractivity contribution in [1.82, 2.24) is 5.32 Å². The van der Waals surface area contributed by atoms with E-state index in [1.54, 1.807) is 0 Å². The average Bonchev–Trinajstić information content (AvgIpc) is 3.36. The molecule has 1 aliphatic heterocycles. The molecule has 0 saturated carbocycles. The Morgan fingerprint density at radius 3 is 1.32 bits per heavy atom. The van der Waals surface area contributed by atoms with Crippen molar-refractivity contribution in [2.75, 3.05) is 13.2 Å². The SMILES string of the molecule is CCCCCCCCC/C=C\CCC[C@@H](OC(C)=O)[C@@H](OC(C)=O)[C@H](CO[C@@H]1O[C@H](COC(C)=O)[C@@H](OC(C)=O)[C@H](OC(C)=O)[C@H]1OC(C)=O)NC(=O)C(CCCCCCCCCCCCCCCCCCCC)OC(C)=O. The third kappa shape index (κ3) is 35.8. The van der Waals surface area contributed by atoms with Gasteiger partial charge in [0.25, 0.3) is 5.91 Å². The third-order valence-corrected chi connectivity index (χ3v) is 13.5. The Hall–Kier alpha value is -4.58. The third-order valence-electron chi connectivity index (χ3n) is 13.5. The molecule has 1 heterocycles.